The molecule has 3 rings (SSSR count). The van der Waals surface area contributed by atoms with Crippen LogP contribution in [0.15, 0.2) is 24.3 Å². The van der Waals surface area contributed by atoms with Crippen molar-refractivity contribution in [1.29, 1.82) is 0 Å². The molecule has 0 radical (unpaired) electrons. The van der Waals surface area contributed by atoms with Crippen molar-refractivity contribution in [2.24, 2.45) is 5.73 Å². The highest BCUT2D eigenvalue weighted by atomic mass is 35.5. The Balaban J connectivity index is 0.00000192. The van der Waals surface area contributed by atoms with Crippen LogP contribution >= 0.6 is 24.2 Å². The van der Waals surface area contributed by atoms with Gasteiger partial charge in [0.15, 0.2) is 0 Å². The van der Waals surface area contributed by atoms with Crippen LogP contribution in [-0.4, -0.2) is 51.7 Å². The lowest BCUT2D eigenvalue weighted by Gasteiger charge is -2.17. The van der Waals surface area contributed by atoms with Gasteiger partial charge in [-0.3, -0.25) is 19.3 Å². The maximum absolute atomic E-state index is 12.4. The van der Waals surface area contributed by atoms with E-state index >= 15 is 0 Å². The first-order chi connectivity index (χ1) is 10.5. The Morgan fingerprint density at radius 2 is 2.13 bits per heavy atom. The van der Waals surface area contributed by atoms with E-state index in [1.165, 1.54) is 4.90 Å². The first-order valence-corrected chi connectivity index (χ1v) is 8.14. The van der Waals surface area contributed by atoms with Gasteiger partial charge in [0.1, 0.15) is 0 Å². The number of halogens is 1. The van der Waals surface area contributed by atoms with Gasteiger partial charge in [-0.25, -0.2) is 0 Å². The predicted molar refractivity (Wildman–Crippen MR) is 90.6 cm³/mol. The number of imide groups is 1. The number of hydrogen-bond acceptors (Lipinski definition) is 5. The van der Waals surface area contributed by atoms with Crippen LogP contribution in [0.1, 0.15) is 22.3 Å². The maximum atomic E-state index is 12.4. The summed E-state index contributed by atoms with van der Waals surface area (Å²) in [4.78, 5) is 38.7. The third-order valence-electron chi connectivity index (χ3n) is 3.87. The molecule has 6 nitrogen and oxygen atoms in total. The van der Waals surface area contributed by atoms with Gasteiger partial charge in [-0.1, -0.05) is 23.9 Å². The molecule has 2 aliphatic heterocycles. The van der Waals surface area contributed by atoms with E-state index in [1.54, 1.807) is 23.1 Å². The zero-order valence-electron chi connectivity index (χ0n) is 12.4. The topological polar surface area (TPSA) is 83.7 Å². The molecule has 0 saturated carbocycles. The quantitative estimate of drug-likeness (QED) is 0.887. The Labute approximate surface area is 144 Å². The van der Waals surface area contributed by atoms with Gasteiger partial charge in [0, 0.05) is 24.7 Å². The molecule has 8 heteroatoms. The largest absolute Gasteiger partial charge is 0.337 e. The summed E-state index contributed by atoms with van der Waals surface area (Å²) in [7, 11) is 0. The molecule has 23 heavy (non-hydrogen) atoms. The molecule has 1 aromatic carbocycles. The maximum Gasteiger partial charge on any atom is 0.289 e. The normalized spacial score (nSPS) is 20.8. The minimum Gasteiger partial charge on any atom is -0.337 e. The molecule has 0 spiro atoms. The Morgan fingerprint density at radius 1 is 1.35 bits per heavy atom. The van der Waals surface area contributed by atoms with E-state index in [0.717, 1.165) is 23.7 Å². The van der Waals surface area contributed by atoms with Gasteiger partial charge < -0.3 is 10.6 Å². The number of likely N-dealkylation sites (tertiary alicyclic amines) is 1. The third-order valence-corrected chi connectivity index (χ3v) is 4.73. The molecule has 2 saturated heterocycles. The van der Waals surface area contributed by atoms with E-state index in [1.807, 2.05) is 6.07 Å². The second kappa shape index (κ2) is 7.33. The number of hydrogen-bond donors (Lipinski definition) is 1. The van der Waals surface area contributed by atoms with Gasteiger partial charge in [0.25, 0.3) is 11.1 Å². The van der Waals surface area contributed by atoms with Crippen LogP contribution < -0.4 is 5.73 Å². The lowest BCUT2D eigenvalue weighted by Crippen LogP contribution is -2.32. The van der Waals surface area contributed by atoms with Crippen LogP contribution in [0.3, 0.4) is 0 Å². The molecule has 0 bridgehead atoms. The van der Waals surface area contributed by atoms with E-state index in [-0.39, 0.29) is 47.8 Å². The number of thioether (sulfide) groups is 1. The molecule has 2 aliphatic rings. The van der Waals surface area contributed by atoms with Crippen molar-refractivity contribution in [2.75, 3.05) is 18.8 Å². The van der Waals surface area contributed by atoms with Crippen molar-refractivity contribution in [3.05, 3.63) is 35.4 Å². The summed E-state index contributed by atoms with van der Waals surface area (Å²) >= 11 is 1.01. The van der Waals surface area contributed by atoms with Crippen LogP contribution in [0, 0.1) is 0 Å². The molecule has 0 aromatic heterocycles. The number of amides is 3. The summed E-state index contributed by atoms with van der Waals surface area (Å²) in [5, 5.41) is -0.229. The highest BCUT2D eigenvalue weighted by molar-refractivity contribution is 8.14. The minimum absolute atomic E-state index is 0. The lowest BCUT2D eigenvalue weighted by molar-refractivity contribution is -0.125. The standard InChI is InChI=1S/C15H17N3O3S.ClH/c16-12-4-5-17(8-12)14(20)11-3-1-2-10(6-11)7-18-13(19)9-22-15(18)21;/h1-3,6,12H,4-5,7-9,16H2;1H/t12-;/m1./s1. The van der Waals surface area contributed by atoms with Crippen molar-refractivity contribution >= 4 is 41.2 Å². The van der Waals surface area contributed by atoms with E-state index in [2.05, 4.69) is 0 Å². The summed E-state index contributed by atoms with van der Waals surface area (Å²) in [5.74, 6) is -0.0381. The molecule has 2 N–H and O–H groups in total. The van der Waals surface area contributed by atoms with Gasteiger partial charge in [-0.15, -0.1) is 12.4 Å². The van der Waals surface area contributed by atoms with E-state index in [0.29, 0.717) is 18.7 Å². The van der Waals surface area contributed by atoms with E-state index in [9.17, 15) is 14.4 Å². The van der Waals surface area contributed by atoms with Crippen molar-refractivity contribution in [3.8, 4) is 0 Å². The summed E-state index contributed by atoms with van der Waals surface area (Å²) in [6.07, 6.45) is 0.819. The Kier molecular flexibility index (Phi) is 5.67. The van der Waals surface area contributed by atoms with Crippen molar-refractivity contribution in [3.63, 3.8) is 0 Å². The third kappa shape index (κ3) is 3.85. The second-order valence-electron chi connectivity index (χ2n) is 5.53. The van der Waals surface area contributed by atoms with Gasteiger partial charge in [0.2, 0.25) is 5.91 Å². The Bertz CT molecular complexity index is 624. The number of benzene rings is 1. The summed E-state index contributed by atoms with van der Waals surface area (Å²) in [5.41, 5.74) is 7.18. The van der Waals surface area contributed by atoms with E-state index < -0.39 is 0 Å². The number of carbonyl (C=O) groups is 3. The molecule has 0 aliphatic carbocycles. The Hall–Kier alpha value is -1.57. The fraction of sp³-hybridized carbons (Fsp3) is 0.400. The van der Waals surface area contributed by atoms with Crippen molar-refractivity contribution in [2.45, 2.75) is 19.0 Å². The van der Waals surface area contributed by atoms with Gasteiger partial charge in [-0.2, -0.15) is 0 Å². The average Bonchev–Trinajstić information content (AvgIpc) is 3.08. The van der Waals surface area contributed by atoms with Crippen LogP contribution in [0.2, 0.25) is 0 Å². The average molecular weight is 356 g/mol. The van der Waals surface area contributed by atoms with Gasteiger partial charge in [-0.05, 0) is 24.1 Å². The number of nitrogens with two attached hydrogens (primary N) is 1. The van der Waals surface area contributed by atoms with Crippen LogP contribution in [0.25, 0.3) is 0 Å². The molecule has 0 unspecified atom stereocenters. The van der Waals surface area contributed by atoms with Crippen molar-refractivity contribution in [1.82, 2.24) is 9.80 Å². The Morgan fingerprint density at radius 3 is 2.74 bits per heavy atom. The number of carbonyl (C=O) groups excluding carboxylic acids is 3. The highest BCUT2D eigenvalue weighted by Gasteiger charge is 2.30. The molecular formula is C15H18ClN3O3S. The van der Waals surface area contributed by atoms with Gasteiger partial charge >= 0.3 is 0 Å². The predicted octanol–water partition coefficient (Wildman–Crippen LogP) is 1.48. The fourth-order valence-corrected chi connectivity index (χ4v) is 3.40. The molecule has 1 aromatic rings. The zero-order valence-corrected chi connectivity index (χ0v) is 14.1. The van der Waals surface area contributed by atoms with Crippen LogP contribution in [0.4, 0.5) is 4.79 Å². The monoisotopic (exact) mass is 355 g/mol. The fourth-order valence-electron chi connectivity index (χ4n) is 2.67. The minimum atomic E-state index is -0.229. The number of rotatable bonds is 3. The van der Waals surface area contributed by atoms with Crippen LogP contribution in [-0.2, 0) is 11.3 Å². The highest BCUT2D eigenvalue weighted by Crippen LogP contribution is 2.22. The molecule has 1 atom stereocenters. The molecular weight excluding hydrogens is 338 g/mol. The van der Waals surface area contributed by atoms with E-state index in [4.69, 9.17) is 5.73 Å². The molecule has 2 fully saturated rings. The lowest BCUT2D eigenvalue weighted by atomic mass is 10.1. The van der Waals surface area contributed by atoms with Crippen molar-refractivity contribution < 1.29 is 14.4 Å². The molecule has 3 amide bonds. The second-order valence-corrected chi connectivity index (χ2v) is 6.46. The SMILES string of the molecule is Cl.N[C@@H]1CCN(C(=O)c2cccc(CN3C(=O)CSC3=O)c2)C1. The summed E-state index contributed by atoms with van der Waals surface area (Å²) < 4.78 is 0. The molecule has 124 valence electrons. The summed E-state index contributed by atoms with van der Waals surface area (Å²) in [6.45, 7) is 1.46. The van der Waals surface area contributed by atoms with Gasteiger partial charge in [0.05, 0.1) is 12.3 Å². The first-order valence-electron chi connectivity index (χ1n) is 7.15. The summed E-state index contributed by atoms with van der Waals surface area (Å²) in [6, 6.07) is 7.13. The molecule has 2 heterocycles. The smallest absolute Gasteiger partial charge is 0.289 e. The number of nitrogens with zero attached hydrogens (tertiary/aromatic N) is 2. The zero-order chi connectivity index (χ0) is 15.7. The van der Waals surface area contributed by atoms with Crippen LogP contribution in [0.5, 0.6) is 0 Å². The first kappa shape index (κ1) is 17.8.